The molecule has 0 radical (unpaired) electrons. The van der Waals surface area contributed by atoms with Crippen molar-refractivity contribution in [3.63, 3.8) is 0 Å². The maximum absolute atomic E-state index is 10.8. The van der Waals surface area contributed by atoms with Gasteiger partial charge in [-0.1, -0.05) is 0 Å². The fourth-order valence-corrected chi connectivity index (χ4v) is 1.07. The lowest BCUT2D eigenvalue weighted by molar-refractivity contribution is -0.132. The van der Waals surface area contributed by atoms with E-state index in [0.717, 1.165) is 6.08 Å². The van der Waals surface area contributed by atoms with E-state index in [1.165, 1.54) is 31.2 Å². The van der Waals surface area contributed by atoms with E-state index in [1.807, 2.05) is 0 Å². The zero-order chi connectivity index (χ0) is 12.1. The largest absolute Gasteiger partial charge is 0.508 e. The molecular weight excluding hydrogens is 212 g/mol. The average Bonchev–Trinajstić information content (AvgIpc) is 2.15. The van der Waals surface area contributed by atoms with Crippen molar-refractivity contribution in [2.24, 2.45) is 0 Å². The second-order valence-electron chi connectivity index (χ2n) is 2.99. The van der Waals surface area contributed by atoms with Crippen molar-refractivity contribution < 1.29 is 24.5 Å². The van der Waals surface area contributed by atoms with Crippen LogP contribution in [0.15, 0.2) is 24.3 Å². The summed E-state index contributed by atoms with van der Waals surface area (Å²) in [6.07, 6.45) is 2.19. The van der Waals surface area contributed by atoms with Crippen LogP contribution in [-0.2, 0) is 9.59 Å². The molecule has 0 saturated heterocycles. The Hall–Kier alpha value is -2.30. The van der Waals surface area contributed by atoms with Gasteiger partial charge in [0.15, 0.2) is 0 Å². The lowest BCUT2D eigenvalue weighted by atomic mass is 10.2. The van der Waals surface area contributed by atoms with E-state index in [4.69, 9.17) is 9.84 Å². The Morgan fingerprint density at radius 2 is 2.06 bits per heavy atom. The molecule has 5 nitrogen and oxygen atoms in total. The normalized spacial score (nSPS) is 10.3. The van der Waals surface area contributed by atoms with E-state index in [-0.39, 0.29) is 11.5 Å². The minimum Gasteiger partial charge on any atom is -0.508 e. The summed E-state index contributed by atoms with van der Waals surface area (Å²) in [5.41, 5.74) is 0.399. The van der Waals surface area contributed by atoms with E-state index in [2.05, 4.69) is 0 Å². The molecule has 16 heavy (non-hydrogen) atoms. The SMILES string of the molecule is CC(=O)Oc1cc(O)ccc1/C=C/C(=O)O. The van der Waals surface area contributed by atoms with Gasteiger partial charge in [0.05, 0.1) is 0 Å². The molecule has 0 saturated carbocycles. The van der Waals surface area contributed by atoms with Crippen LogP contribution in [0.2, 0.25) is 0 Å². The second-order valence-corrected chi connectivity index (χ2v) is 2.99. The van der Waals surface area contributed by atoms with Crippen LogP contribution in [0, 0.1) is 0 Å². The van der Waals surface area contributed by atoms with Gasteiger partial charge in [0.25, 0.3) is 0 Å². The summed E-state index contributed by atoms with van der Waals surface area (Å²) in [7, 11) is 0. The molecule has 84 valence electrons. The average molecular weight is 222 g/mol. The molecule has 0 aromatic heterocycles. The van der Waals surface area contributed by atoms with E-state index in [1.54, 1.807) is 0 Å². The third kappa shape index (κ3) is 3.45. The number of carbonyl (C=O) groups is 2. The first-order valence-electron chi connectivity index (χ1n) is 4.41. The molecule has 1 aromatic carbocycles. The number of hydrogen-bond donors (Lipinski definition) is 2. The van der Waals surface area contributed by atoms with Crippen LogP contribution in [-0.4, -0.2) is 22.2 Å². The molecule has 0 bridgehead atoms. The molecule has 1 rings (SSSR count). The Morgan fingerprint density at radius 3 is 2.62 bits per heavy atom. The van der Waals surface area contributed by atoms with Crippen LogP contribution in [0.5, 0.6) is 11.5 Å². The Morgan fingerprint density at radius 1 is 1.38 bits per heavy atom. The van der Waals surface area contributed by atoms with Gasteiger partial charge in [0, 0.05) is 24.6 Å². The first-order chi connectivity index (χ1) is 7.49. The summed E-state index contributed by atoms with van der Waals surface area (Å²) in [5.74, 6) is -1.61. The molecule has 1 aromatic rings. The number of phenolic OH excluding ortho intramolecular Hbond substituents is 1. The lowest BCUT2D eigenvalue weighted by Gasteiger charge is -2.05. The number of esters is 1. The first kappa shape index (κ1) is 11.8. The van der Waals surface area contributed by atoms with Gasteiger partial charge in [-0.3, -0.25) is 4.79 Å². The molecule has 0 aliphatic carbocycles. The highest BCUT2D eigenvalue weighted by atomic mass is 16.5. The Labute approximate surface area is 91.6 Å². The Bertz CT molecular complexity index is 448. The Balaban J connectivity index is 3.06. The molecule has 2 N–H and O–H groups in total. The number of hydrogen-bond acceptors (Lipinski definition) is 4. The smallest absolute Gasteiger partial charge is 0.328 e. The summed E-state index contributed by atoms with van der Waals surface area (Å²) in [4.78, 5) is 21.1. The van der Waals surface area contributed by atoms with Crippen LogP contribution in [0.25, 0.3) is 6.08 Å². The molecule has 0 unspecified atom stereocenters. The molecule has 0 spiro atoms. The number of carboxylic acids is 1. The zero-order valence-electron chi connectivity index (χ0n) is 8.51. The fraction of sp³-hybridized carbons (Fsp3) is 0.0909. The number of carbonyl (C=O) groups excluding carboxylic acids is 1. The van der Waals surface area contributed by atoms with Crippen LogP contribution in [0.3, 0.4) is 0 Å². The molecule has 5 heteroatoms. The van der Waals surface area contributed by atoms with Crippen LogP contribution >= 0.6 is 0 Å². The number of benzene rings is 1. The van der Waals surface area contributed by atoms with Crippen LogP contribution in [0.1, 0.15) is 12.5 Å². The van der Waals surface area contributed by atoms with Crippen molar-refractivity contribution in [2.45, 2.75) is 6.92 Å². The third-order valence-electron chi connectivity index (χ3n) is 1.66. The summed E-state index contributed by atoms with van der Waals surface area (Å²) in [6.45, 7) is 1.22. The van der Waals surface area contributed by atoms with E-state index < -0.39 is 11.9 Å². The predicted octanol–water partition coefficient (Wildman–Crippen LogP) is 1.42. The third-order valence-corrected chi connectivity index (χ3v) is 1.66. The summed E-state index contributed by atoms with van der Waals surface area (Å²) < 4.78 is 4.82. The Kier molecular flexibility index (Phi) is 3.66. The maximum atomic E-state index is 10.8. The quantitative estimate of drug-likeness (QED) is 0.459. The highest BCUT2D eigenvalue weighted by Crippen LogP contribution is 2.25. The minimum atomic E-state index is -1.11. The molecule has 0 atom stereocenters. The number of phenols is 1. The van der Waals surface area contributed by atoms with Crippen LogP contribution in [0.4, 0.5) is 0 Å². The second kappa shape index (κ2) is 4.97. The molecule has 0 amide bonds. The van der Waals surface area contributed by atoms with Gasteiger partial charge in [0.2, 0.25) is 0 Å². The number of aromatic hydroxyl groups is 1. The lowest BCUT2D eigenvalue weighted by Crippen LogP contribution is -2.02. The number of aliphatic carboxylic acids is 1. The van der Waals surface area contributed by atoms with Crippen molar-refractivity contribution in [2.75, 3.05) is 0 Å². The molecule has 0 aliphatic rings. The van der Waals surface area contributed by atoms with Gasteiger partial charge in [-0.05, 0) is 18.2 Å². The van der Waals surface area contributed by atoms with Gasteiger partial charge >= 0.3 is 11.9 Å². The van der Waals surface area contributed by atoms with E-state index in [0.29, 0.717) is 5.56 Å². The first-order valence-corrected chi connectivity index (χ1v) is 4.41. The van der Waals surface area contributed by atoms with E-state index in [9.17, 15) is 14.7 Å². The molecule has 0 aliphatic heterocycles. The molecular formula is C11H10O5. The predicted molar refractivity (Wildman–Crippen MR) is 56.1 cm³/mol. The summed E-state index contributed by atoms with van der Waals surface area (Å²) in [5, 5.41) is 17.7. The standard InChI is InChI=1S/C11H10O5/c1-7(12)16-10-6-9(13)4-2-8(10)3-5-11(14)15/h2-6,13H,1H3,(H,14,15)/b5-3+. The number of ether oxygens (including phenoxy) is 1. The van der Waals surface area contributed by atoms with Crippen molar-refractivity contribution in [3.05, 3.63) is 29.8 Å². The van der Waals surface area contributed by atoms with Gasteiger partial charge in [-0.2, -0.15) is 0 Å². The van der Waals surface area contributed by atoms with Crippen molar-refractivity contribution in [1.29, 1.82) is 0 Å². The van der Waals surface area contributed by atoms with E-state index >= 15 is 0 Å². The van der Waals surface area contributed by atoms with Gasteiger partial charge < -0.3 is 14.9 Å². The van der Waals surface area contributed by atoms with Crippen LogP contribution < -0.4 is 4.74 Å². The maximum Gasteiger partial charge on any atom is 0.328 e. The topological polar surface area (TPSA) is 83.8 Å². The van der Waals surface area contributed by atoms with Gasteiger partial charge in [0.1, 0.15) is 11.5 Å². The van der Waals surface area contributed by atoms with Crippen molar-refractivity contribution in [3.8, 4) is 11.5 Å². The summed E-state index contributed by atoms with van der Waals surface area (Å²) in [6, 6.07) is 4.06. The zero-order valence-corrected chi connectivity index (χ0v) is 8.51. The highest BCUT2D eigenvalue weighted by Gasteiger charge is 2.05. The molecule has 0 heterocycles. The minimum absolute atomic E-state index is 0.0660. The van der Waals surface area contributed by atoms with Gasteiger partial charge in [-0.15, -0.1) is 0 Å². The summed E-state index contributed by atoms with van der Waals surface area (Å²) >= 11 is 0. The monoisotopic (exact) mass is 222 g/mol. The number of carboxylic acid groups (broad SMARTS) is 1. The van der Waals surface area contributed by atoms with Crippen molar-refractivity contribution in [1.82, 2.24) is 0 Å². The molecule has 0 fully saturated rings. The van der Waals surface area contributed by atoms with Crippen molar-refractivity contribution >= 4 is 18.0 Å². The fourth-order valence-electron chi connectivity index (χ4n) is 1.07. The van der Waals surface area contributed by atoms with Gasteiger partial charge in [-0.25, -0.2) is 4.79 Å². The highest BCUT2D eigenvalue weighted by molar-refractivity contribution is 5.86. The number of rotatable bonds is 3.